The maximum Gasteiger partial charge on any atom is 0.306 e. The number of aryl methyl sites for hydroxylation is 1. The van der Waals surface area contributed by atoms with E-state index in [0.717, 1.165) is 11.0 Å². The van der Waals surface area contributed by atoms with Crippen LogP contribution in [-0.4, -0.2) is 28.5 Å². The quantitative estimate of drug-likeness (QED) is 0.445. The Morgan fingerprint density at radius 3 is 2.77 bits per heavy atom. The van der Waals surface area contributed by atoms with Crippen LogP contribution in [0.2, 0.25) is 0 Å². The summed E-state index contributed by atoms with van der Waals surface area (Å²) in [4.78, 5) is 43.2. The molecule has 0 saturated carbocycles. The van der Waals surface area contributed by atoms with E-state index in [1.54, 1.807) is 31.2 Å². The van der Waals surface area contributed by atoms with Crippen molar-refractivity contribution < 1.29 is 18.7 Å². The Hall–Kier alpha value is -3.94. The Labute approximate surface area is 177 Å². The second-order valence-corrected chi connectivity index (χ2v) is 7.17. The normalized spacial score (nSPS) is 12.0. The number of nitrogens with one attached hydrogen (secondary N) is 2. The smallest absolute Gasteiger partial charge is 0.306 e. The molecule has 1 atom stereocenters. The molecule has 0 saturated heterocycles. The van der Waals surface area contributed by atoms with Crippen molar-refractivity contribution in [2.45, 2.75) is 25.8 Å². The molecular weight excluding hydrogens is 398 g/mol. The number of para-hydroxylation sites is 2. The molecule has 8 nitrogen and oxygen atoms in total. The summed E-state index contributed by atoms with van der Waals surface area (Å²) < 4.78 is 10.8. The van der Waals surface area contributed by atoms with E-state index in [2.05, 4.69) is 15.3 Å². The number of hydrogen-bond donors (Lipinski definition) is 2. The van der Waals surface area contributed by atoms with Crippen LogP contribution in [0.3, 0.4) is 0 Å². The van der Waals surface area contributed by atoms with Crippen LogP contribution in [0, 0.1) is 0 Å². The van der Waals surface area contributed by atoms with Gasteiger partial charge in [0, 0.05) is 11.8 Å². The Morgan fingerprint density at radius 2 is 1.94 bits per heavy atom. The number of H-pyrrole nitrogens is 1. The molecule has 0 radical (unpaired) electrons. The van der Waals surface area contributed by atoms with Crippen LogP contribution in [0.4, 0.5) is 0 Å². The van der Waals surface area contributed by atoms with Gasteiger partial charge in [-0.2, -0.15) is 0 Å². The topological polar surface area (TPSA) is 114 Å². The predicted octanol–water partition coefficient (Wildman–Crippen LogP) is 3.02. The average molecular weight is 419 g/mol. The van der Waals surface area contributed by atoms with E-state index >= 15 is 0 Å². The molecule has 4 rings (SSSR count). The predicted molar refractivity (Wildman–Crippen MR) is 114 cm³/mol. The van der Waals surface area contributed by atoms with Gasteiger partial charge in [-0.25, -0.2) is 4.98 Å². The zero-order valence-electron chi connectivity index (χ0n) is 16.9. The monoisotopic (exact) mass is 419 g/mol. The maximum absolute atomic E-state index is 12.1. The van der Waals surface area contributed by atoms with Gasteiger partial charge in [0.2, 0.25) is 0 Å². The molecule has 2 aromatic heterocycles. The number of esters is 1. The second-order valence-electron chi connectivity index (χ2n) is 7.17. The molecule has 2 N–H and O–H groups in total. The highest BCUT2D eigenvalue weighted by Crippen LogP contribution is 2.23. The number of carbonyl (C=O) groups excluding carboxylic acids is 2. The van der Waals surface area contributed by atoms with Gasteiger partial charge in [0.05, 0.1) is 23.4 Å². The number of fused-ring (bicyclic) bond motifs is 2. The van der Waals surface area contributed by atoms with E-state index in [1.807, 2.05) is 30.3 Å². The van der Waals surface area contributed by atoms with Gasteiger partial charge in [-0.1, -0.05) is 30.3 Å². The van der Waals surface area contributed by atoms with Crippen LogP contribution in [0.25, 0.3) is 21.9 Å². The SMILES string of the molecule is C[C@H](NC(=O)COC(=O)CCc1nc2ccccc2c(=O)[nH]1)c1cc2ccccc2o1. The molecule has 0 aliphatic heterocycles. The first-order valence-corrected chi connectivity index (χ1v) is 9.91. The zero-order chi connectivity index (χ0) is 21.8. The lowest BCUT2D eigenvalue weighted by Crippen LogP contribution is -2.31. The van der Waals surface area contributed by atoms with E-state index in [4.69, 9.17) is 9.15 Å². The van der Waals surface area contributed by atoms with Crippen molar-refractivity contribution in [2.24, 2.45) is 0 Å². The summed E-state index contributed by atoms with van der Waals surface area (Å²) >= 11 is 0. The van der Waals surface area contributed by atoms with Gasteiger partial charge in [0.25, 0.3) is 11.5 Å². The minimum absolute atomic E-state index is 0.00626. The Kier molecular flexibility index (Phi) is 5.79. The van der Waals surface area contributed by atoms with Crippen molar-refractivity contribution in [3.8, 4) is 0 Å². The van der Waals surface area contributed by atoms with Crippen LogP contribution >= 0.6 is 0 Å². The molecule has 4 aromatic rings. The number of rotatable bonds is 7. The van der Waals surface area contributed by atoms with Gasteiger partial charge in [0.15, 0.2) is 6.61 Å². The summed E-state index contributed by atoms with van der Waals surface area (Å²) in [7, 11) is 0. The Bertz CT molecular complexity index is 1270. The molecule has 8 heteroatoms. The fraction of sp³-hybridized carbons (Fsp3) is 0.217. The highest BCUT2D eigenvalue weighted by Gasteiger charge is 2.16. The average Bonchev–Trinajstić information content (AvgIpc) is 3.21. The third kappa shape index (κ3) is 4.80. The maximum atomic E-state index is 12.1. The molecule has 0 aliphatic carbocycles. The lowest BCUT2D eigenvalue weighted by atomic mass is 10.2. The number of amides is 1. The van der Waals surface area contributed by atoms with E-state index in [1.165, 1.54) is 0 Å². The summed E-state index contributed by atoms with van der Waals surface area (Å²) in [5.41, 5.74) is 1.05. The van der Waals surface area contributed by atoms with Crippen LogP contribution in [0.5, 0.6) is 0 Å². The number of furan rings is 1. The fourth-order valence-electron chi connectivity index (χ4n) is 3.26. The first kappa shape index (κ1) is 20.3. The second kappa shape index (κ2) is 8.83. The van der Waals surface area contributed by atoms with Crippen molar-refractivity contribution >= 4 is 33.7 Å². The number of ether oxygens (including phenoxy) is 1. The van der Waals surface area contributed by atoms with Crippen molar-refractivity contribution in [3.05, 3.63) is 76.5 Å². The number of hydrogen-bond acceptors (Lipinski definition) is 6. The molecule has 2 heterocycles. The van der Waals surface area contributed by atoms with E-state index < -0.39 is 18.5 Å². The lowest BCUT2D eigenvalue weighted by Gasteiger charge is -2.11. The van der Waals surface area contributed by atoms with Crippen molar-refractivity contribution in [1.29, 1.82) is 0 Å². The highest BCUT2D eigenvalue weighted by atomic mass is 16.5. The molecule has 0 spiro atoms. The van der Waals surface area contributed by atoms with Crippen LogP contribution in [0.1, 0.15) is 31.0 Å². The van der Waals surface area contributed by atoms with Crippen molar-refractivity contribution in [1.82, 2.24) is 15.3 Å². The minimum Gasteiger partial charge on any atom is -0.459 e. The minimum atomic E-state index is -0.553. The molecule has 0 unspecified atom stereocenters. The zero-order valence-corrected chi connectivity index (χ0v) is 16.9. The molecule has 0 aliphatic rings. The number of aromatic nitrogens is 2. The van der Waals surface area contributed by atoms with Crippen LogP contribution in [-0.2, 0) is 20.7 Å². The third-order valence-corrected chi connectivity index (χ3v) is 4.84. The van der Waals surface area contributed by atoms with Crippen LogP contribution < -0.4 is 10.9 Å². The summed E-state index contributed by atoms with van der Waals surface area (Å²) in [6, 6.07) is 16.0. The standard InChI is InChI=1S/C23H21N3O5/c1-14(19-12-15-6-2-5-9-18(15)31-19)24-21(27)13-30-22(28)11-10-20-25-17-8-4-3-7-16(17)23(29)26-20/h2-9,12,14H,10-11,13H2,1H3,(H,24,27)(H,25,26,29)/t14-/m0/s1. The largest absolute Gasteiger partial charge is 0.459 e. The van der Waals surface area contributed by atoms with Gasteiger partial charge in [0.1, 0.15) is 17.2 Å². The molecule has 31 heavy (non-hydrogen) atoms. The molecule has 1 amide bonds. The molecule has 0 fully saturated rings. The number of carbonyl (C=O) groups is 2. The number of aromatic amines is 1. The van der Waals surface area contributed by atoms with Crippen molar-refractivity contribution in [2.75, 3.05) is 6.61 Å². The van der Waals surface area contributed by atoms with Gasteiger partial charge >= 0.3 is 5.97 Å². The number of benzene rings is 2. The highest BCUT2D eigenvalue weighted by molar-refractivity contribution is 5.82. The van der Waals surface area contributed by atoms with Gasteiger partial charge < -0.3 is 19.5 Å². The molecule has 2 aromatic carbocycles. The molecular formula is C23H21N3O5. The third-order valence-electron chi connectivity index (χ3n) is 4.84. The lowest BCUT2D eigenvalue weighted by molar-refractivity contribution is -0.148. The van der Waals surface area contributed by atoms with E-state index in [9.17, 15) is 14.4 Å². The molecule has 0 bridgehead atoms. The van der Waals surface area contributed by atoms with Gasteiger partial charge in [-0.05, 0) is 31.2 Å². The summed E-state index contributed by atoms with van der Waals surface area (Å²) in [5.74, 6) is 0.0247. The first-order valence-electron chi connectivity index (χ1n) is 9.91. The summed E-state index contributed by atoms with van der Waals surface area (Å²) in [5, 5.41) is 4.18. The van der Waals surface area contributed by atoms with Gasteiger partial charge in [-0.3, -0.25) is 14.4 Å². The first-order chi connectivity index (χ1) is 15.0. The van der Waals surface area contributed by atoms with Gasteiger partial charge in [-0.15, -0.1) is 0 Å². The number of nitrogens with zero attached hydrogens (tertiary/aromatic N) is 1. The van der Waals surface area contributed by atoms with Crippen molar-refractivity contribution in [3.63, 3.8) is 0 Å². The summed E-state index contributed by atoms with van der Waals surface area (Å²) in [6.07, 6.45) is 0.198. The van der Waals surface area contributed by atoms with E-state index in [0.29, 0.717) is 22.5 Å². The Balaban J connectivity index is 1.26. The fourth-order valence-corrected chi connectivity index (χ4v) is 3.26. The molecule has 158 valence electrons. The van der Waals surface area contributed by atoms with Crippen LogP contribution in [0.15, 0.2) is 63.8 Å². The Morgan fingerprint density at radius 1 is 1.16 bits per heavy atom. The van der Waals surface area contributed by atoms with E-state index in [-0.39, 0.29) is 24.4 Å². The summed E-state index contributed by atoms with van der Waals surface area (Å²) in [6.45, 7) is 1.39.